The zero-order valence-corrected chi connectivity index (χ0v) is 12.6. The minimum absolute atomic E-state index is 0.179. The zero-order chi connectivity index (χ0) is 14.5. The highest BCUT2D eigenvalue weighted by molar-refractivity contribution is 5.88. The standard InChI is InChI=1S/C17H26O3/c1-10(2)17(20-16(19)11(3)9-18)14-5-12-4-13(7-14)8-15(17)6-12/h10,12-15,18H,3-9H2,1-2H3. The van der Waals surface area contributed by atoms with Gasteiger partial charge in [0.15, 0.2) is 0 Å². The van der Waals surface area contributed by atoms with Crippen LogP contribution in [0.25, 0.3) is 0 Å². The first kappa shape index (κ1) is 14.1. The molecule has 3 nitrogen and oxygen atoms in total. The first-order valence-corrected chi connectivity index (χ1v) is 7.99. The number of carbonyl (C=O) groups is 1. The molecule has 3 heteroatoms. The Kier molecular flexibility index (Phi) is 3.44. The van der Waals surface area contributed by atoms with Gasteiger partial charge in [0, 0.05) is 0 Å². The number of aliphatic hydroxyl groups excluding tert-OH is 1. The first-order valence-electron chi connectivity index (χ1n) is 7.99. The van der Waals surface area contributed by atoms with Crippen LogP contribution in [0.1, 0.15) is 46.0 Å². The zero-order valence-electron chi connectivity index (χ0n) is 12.6. The molecular formula is C17H26O3. The summed E-state index contributed by atoms with van der Waals surface area (Å²) in [6, 6.07) is 0. The largest absolute Gasteiger partial charge is 0.455 e. The first-order chi connectivity index (χ1) is 9.47. The third-order valence-electron chi connectivity index (χ3n) is 6.07. The van der Waals surface area contributed by atoms with E-state index in [-0.39, 0.29) is 17.8 Å². The molecule has 0 aliphatic heterocycles. The van der Waals surface area contributed by atoms with Gasteiger partial charge in [-0.3, -0.25) is 0 Å². The highest BCUT2D eigenvalue weighted by atomic mass is 16.6. The van der Waals surface area contributed by atoms with Gasteiger partial charge in [0.05, 0.1) is 12.2 Å². The predicted molar refractivity (Wildman–Crippen MR) is 76.9 cm³/mol. The summed E-state index contributed by atoms with van der Waals surface area (Å²) in [5, 5.41) is 9.11. The van der Waals surface area contributed by atoms with Gasteiger partial charge in [-0.05, 0) is 61.7 Å². The molecule has 0 aromatic carbocycles. The van der Waals surface area contributed by atoms with Crippen molar-refractivity contribution in [3.8, 4) is 0 Å². The van der Waals surface area contributed by atoms with Crippen LogP contribution in [0, 0.1) is 29.6 Å². The van der Waals surface area contributed by atoms with Crippen molar-refractivity contribution in [1.29, 1.82) is 0 Å². The van der Waals surface area contributed by atoms with E-state index in [1.807, 2.05) is 0 Å². The van der Waals surface area contributed by atoms with E-state index in [9.17, 15) is 4.79 Å². The lowest BCUT2D eigenvalue weighted by Gasteiger charge is -2.61. The molecule has 0 atom stereocenters. The van der Waals surface area contributed by atoms with Crippen LogP contribution in [-0.2, 0) is 9.53 Å². The lowest BCUT2D eigenvalue weighted by molar-refractivity contribution is -0.222. The number of rotatable bonds is 4. The van der Waals surface area contributed by atoms with Crippen LogP contribution in [0.15, 0.2) is 12.2 Å². The number of carbonyl (C=O) groups excluding carboxylic acids is 1. The van der Waals surface area contributed by atoms with Crippen LogP contribution >= 0.6 is 0 Å². The lowest BCUT2D eigenvalue weighted by Crippen LogP contribution is -2.62. The van der Waals surface area contributed by atoms with E-state index in [0.717, 1.165) is 11.8 Å². The minimum Gasteiger partial charge on any atom is -0.455 e. The molecule has 4 rings (SSSR count). The maximum Gasteiger partial charge on any atom is 0.336 e. The molecule has 0 amide bonds. The van der Waals surface area contributed by atoms with Crippen LogP contribution in [0.4, 0.5) is 0 Å². The Morgan fingerprint density at radius 2 is 1.70 bits per heavy atom. The fourth-order valence-corrected chi connectivity index (χ4v) is 5.45. The maximum absolute atomic E-state index is 12.2. The molecule has 4 aliphatic carbocycles. The summed E-state index contributed by atoms with van der Waals surface area (Å²) in [6.07, 6.45) is 6.24. The van der Waals surface area contributed by atoms with Gasteiger partial charge >= 0.3 is 5.97 Å². The van der Waals surface area contributed by atoms with E-state index in [2.05, 4.69) is 20.4 Å². The molecule has 4 fully saturated rings. The Morgan fingerprint density at radius 1 is 1.20 bits per heavy atom. The Hall–Kier alpha value is -0.830. The molecule has 0 aromatic heterocycles. The Bertz CT molecular complexity index is 396. The molecule has 1 N–H and O–H groups in total. The van der Waals surface area contributed by atoms with Crippen LogP contribution in [0.2, 0.25) is 0 Å². The van der Waals surface area contributed by atoms with Gasteiger partial charge in [0.2, 0.25) is 0 Å². The highest BCUT2D eigenvalue weighted by Crippen LogP contribution is 2.61. The summed E-state index contributed by atoms with van der Waals surface area (Å²) in [5.41, 5.74) is -0.137. The molecule has 0 spiro atoms. The topological polar surface area (TPSA) is 46.5 Å². The minimum atomic E-state index is -0.395. The van der Waals surface area contributed by atoms with Crippen molar-refractivity contribution in [1.82, 2.24) is 0 Å². The molecule has 4 aliphatic rings. The van der Waals surface area contributed by atoms with Crippen molar-refractivity contribution in [2.24, 2.45) is 29.6 Å². The molecule has 20 heavy (non-hydrogen) atoms. The number of aliphatic hydroxyl groups is 1. The quantitative estimate of drug-likeness (QED) is 0.635. The van der Waals surface area contributed by atoms with E-state index < -0.39 is 5.97 Å². The second-order valence-corrected chi connectivity index (χ2v) is 7.46. The van der Waals surface area contributed by atoms with Gasteiger partial charge in [-0.2, -0.15) is 0 Å². The van der Waals surface area contributed by atoms with Gasteiger partial charge in [-0.25, -0.2) is 4.79 Å². The van der Waals surface area contributed by atoms with Crippen LogP contribution < -0.4 is 0 Å². The van der Waals surface area contributed by atoms with Gasteiger partial charge in [0.25, 0.3) is 0 Å². The summed E-state index contributed by atoms with van der Waals surface area (Å²) in [6.45, 7) is 7.67. The fourth-order valence-electron chi connectivity index (χ4n) is 5.45. The molecule has 0 saturated heterocycles. The second-order valence-electron chi connectivity index (χ2n) is 7.46. The van der Waals surface area contributed by atoms with E-state index >= 15 is 0 Å². The highest BCUT2D eigenvalue weighted by Gasteiger charge is 2.60. The third-order valence-corrected chi connectivity index (χ3v) is 6.07. The van der Waals surface area contributed by atoms with Gasteiger partial charge < -0.3 is 9.84 Å². The molecule has 4 bridgehead atoms. The van der Waals surface area contributed by atoms with Gasteiger partial charge in [-0.15, -0.1) is 0 Å². The molecule has 0 aromatic rings. The van der Waals surface area contributed by atoms with Gasteiger partial charge in [0.1, 0.15) is 5.60 Å². The molecule has 112 valence electrons. The summed E-state index contributed by atoms with van der Waals surface area (Å²) in [4.78, 5) is 12.2. The summed E-state index contributed by atoms with van der Waals surface area (Å²) < 4.78 is 6.03. The van der Waals surface area contributed by atoms with Crippen molar-refractivity contribution in [3.05, 3.63) is 12.2 Å². The Balaban J connectivity index is 1.89. The van der Waals surface area contributed by atoms with Crippen molar-refractivity contribution < 1.29 is 14.6 Å². The van der Waals surface area contributed by atoms with Crippen LogP contribution in [0.3, 0.4) is 0 Å². The predicted octanol–water partition coefficient (Wildman–Crippen LogP) is 2.93. The van der Waals surface area contributed by atoms with Crippen molar-refractivity contribution >= 4 is 5.97 Å². The molecular weight excluding hydrogens is 252 g/mol. The normalized spacial score (nSPS) is 42.0. The maximum atomic E-state index is 12.2. The lowest BCUT2D eigenvalue weighted by atomic mass is 9.47. The molecule has 0 radical (unpaired) electrons. The number of esters is 1. The molecule has 4 saturated carbocycles. The average molecular weight is 278 g/mol. The summed E-state index contributed by atoms with van der Waals surface area (Å²) in [7, 11) is 0. The van der Waals surface area contributed by atoms with Crippen LogP contribution in [0.5, 0.6) is 0 Å². The molecule has 0 heterocycles. The van der Waals surface area contributed by atoms with Crippen molar-refractivity contribution in [3.63, 3.8) is 0 Å². The van der Waals surface area contributed by atoms with Crippen LogP contribution in [-0.4, -0.2) is 23.3 Å². The van der Waals surface area contributed by atoms with Gasteiger partial charge in [-0.1, -0.05) is 20.4 Å². The number of ether oxygens (including phenoxy) is 1. The van der Waals surface area contributed by atoms with E-state index in [0.29, 0.717) is 17.8 Å². The van der Waals surface area contributed by atoms with E-state index in [1.54, 1.807) is 0 Å². The molecule has 0 unspecified atom stereocenters. The third kappa shape index (κ3) is 1.93. The fraction of sp³-hybridized carbons (Fsp3) is 0.824. The van der Waals surface area contributed by atoms with Crippen molar-refractivity contribution in [2.45, 2.75) is 51.6 Å². The second kappa shape index (κ2) is 4.87. The van der Waals surface area contributed by atoms with E-state index in [4.69, 9.17) is 9.84 Å². The average Bonchev–Trinajstić information content (AvgIpc) is 2.40. The Morgan fingerprint density at radius 3 is 2.10 bits per heavy atom. The van der Waals surface area contributed by atoms with Crippen molar-refractivity contribution in [2.75, 3.05) is 6.61 Å². The summed E-state index contributed by atoms with van der Waals surface area (Å²) in [5.74, 6) is 2.65. The SMILES string of the molecule is C=C(CO)C(=O)OC1(C(C)C)C2CC3CC(C2)CC1C3. The smallest absolute Gasteiger partial charge is 0.336 e. The Labute approximate surface area is 121 Å². The monoisotopic (exact) mass is 278 g/mol. The number of hydrogen-bond donors (Lipinski definition) is 1. The summed E-state index contributed by atoms with van der Waals surface area (Å²) >= 11 is 0. The van der Waals surface area contributed by atoms with E-state index in [1.165, 1.54) is 32.1 Å². The number of hydrogen-bond acceptors (Lipinski definition) is 3.